The molecular formula is C14H15ClN4S. The molecular weight excluding hydrogens is 292 g/mol. The van der Waals surface area contributed by atoms with Gasteiger partial charge in [-0.1, -0.05) is 29.0 Å². The van der Waals surface area contributed by atoms with Crippen LogP contribution in [0.25, 0.3) is 10.2 Å². The lowest BCUT2D eigenvalue weighted by molar-refractivity contribution is 0.730. The standard InChI is InChI=1S/C14H15ClN4S/c1-8-10(9(2)19(3)18-8)7-16-14-17-12-6-4-5-11(15)13(12)20-14/h4-6H,7H2,1-3H3,(H,16,17). The molecule has 0 saturated heterocycles. The summed E-state index contributed by atoms with van der Waals surface area (Å²) in [4.78, 5) is 4.55. The van der Waals surface area contributed by atoms with Crippen LogP contribution in [0.1, 0.15) is 17.0 Å². The number of thiazole rings is 1. The summed E-state index contributed by atoms with van der Waals surface area (Å²) in [5.41, 5.74) is 4.38. The van der Waals surface area contributed by atoms with Crippen LogP contribution < -0.4 is 5.32 Å². The smallest absolute Gasteiger partial charge is 0.184 e. The minimum absolute atomic E-state index is 0.725. The average molecular weight is 307 g/mol. The van der Waals surface area contributed by atoms with Crippen LogP contribution >= 0.6 is 22.9 Å². The predicted molar refractivity (Wildman–Crippen MR) is 84.6 cm³/mol. The van der Waals surface area contributed by atoms with Gasteiger partial charge in [0.15, 0.2) is 5.13 Å². The summed E-state index contributed by atoms with van der Waals surface area (Å²) in [6, 6.07) is 5.79. The van der Waals surface area contributed by atoms with Crippen molar-refractivity contribution >= 4 is 38.3 Å². The van der Waals surface area contributed by atoms with E-state index in [1.807, 2.05) is 36.9 Å². The first-order chi connectivity index (χ1) is 9.56. The Morgan fingerprint density at radius 1 is 1.35 bits per heavy atom. The molecule has 1 aromatic carbocycles. The van der Waals surface area contributed by atoms with E-state index in [0.717, 1.165) is 32.6 Å². The molecule has 4 nitrogen and oxygen atoms in total. The van der Waals surface area contributed by atoms with E-state index >= 15 is 0 Å². The summed E-state index contributed by atoms with van der Waals surface area (Å²) in [5, 5.41) is 9.42. The van der Waals surface area contributed by atoms with Crippen LogP contribution in [-0.2, 0) is 13.6 Å². The van der Waals surface area contributed by atoms with Crippen molar-refractivity contribution < 1.29 is 0 Å². The highest BCUT2D eigenvalue weighted by Gasteiger charge is 2.11. The number of nitrogens with one attached hydrogen (secondary N) is 1. The zero-order valence-electron chi connectivity index (χ0n) is 11.6. The number of benzene rings is 1. The lowest BCUT2D eigenvalue weighted by Crippen LogP contribution is -2.01. The Kier molecular flexibility index (Phi) is 3.40. The van der Waals surface area contributed by atoms with Crippen molar-refractivity contribution in [2.24, 2.45) is 7.05 Å². The van der Waals surface area contributed by atoms with Gasteiger partial charge in [-0.05, 0) is 26.0 Å². The maximum Gasteiger partial charge on any atom is 0.184 e. The van der Waals surface area contributed by atoms with E-state index in [-0.39, 0.29) is 0 Å². The van der Waals surface area contributed by atoms with Crippen molar-refractivity contribution in [1.82, 2.24) is 14.8 Å². The first-order valence-electron chi connectivity index (χ1n) is 6.34. The molecule has 0 fully saturated rings. The van der Waals surface area contributed by atoms with Gasteiger partial charge >= 0.3 is 0 Å². The molecule has 3 rings (SSSR count). The zero-order valence-corrected chi connectivity index (χ0v) is 13.1. The summed E-state index contributed by atoms with van der Waals surface area (Å²) in [5.74, 6) is 0. The molecule has 0 radical (unpaired) electrons. The molecule has 104 valence electrons. The fraction of sp³-hybridized carbons (Fsp3) is 0.286. The second-order valence-corrected chi connectivity index (χ2v) is 6.14. The molecule has 0 atom stereocenters. The van der Waals surface area contributed by atoms with Gasteiger partial charge in [-0.3, -0.25) is 4.68 Å². The fourth-order valence-electron chi connectivity index (χ4n) is 2.23. The highest BCUT2D eigenvalue weighted by Crippen LogP contribution is 2.32. The Balaban J connectivity index is 1.85. The molecule has 20 heavy (non-hydrogen) atoms. The van der Waals surface area contributed by atoms with E-state index in [0.29, 0.717) is 0 Å². The van der Waals surface area contributed by atoms with Crippen LogP contribution in [0.4, 0.5) is 5.13 Å². The molecule has 0 amide bonds. The van der Waals surface area contributed by atoms with Gasteiger partial charge in [-0.15, -0.1) is 0 Å². The molecule has 0 aliphatic carbocycles. The number of aryl methyl sites for hydroxylation is 2. The largest absolute Gasteiger partial charge is 0.357 e. The molecule has 0 aliphatic heterocycles. The Morgan fingerprint density at radius 3 is 2.80 bits per heavy atom. The van der Waals surface area contributed by atoms with Gasteiger partial charge in [0.2, 0.25) is 0 Å². The highest BCUT2D eigenvalue weighted by atomic mass is 35.5. The summed E-state index contributed by atoms with van der Waals surface area (Å²) in [7, 11) is 1.96. The summed E-state index contributed by atoms with van der Waals surface area (Å²) in [6.07, 6.45) is 0. The third-order valence-corrected chi connectivity index (χ3v) is 4.93. The van der Waals surface area contributed by atoms with Gasteiger partial charge in [0.05, 0.1) is 20.9 Å². The van der Waals surface area contributed by atoms with Gasteiger partial charge in [-0.25, -0.2) is 4.98 Å². The van der Waals surface area contributed by atoms with E-state index in [2.05, 4.69) is 22.3 Å². The molecule has 0 spiro atoms. The second kappa shape index (κ2) is 5.07. The van der Waals surface area contributed by atoms with Gasteiger partial charge in [0.1, 0.15) is 0 Å². The molecule has 2 aromatic heterocycles. The van der Waals surface area contributed by atoms with E-state index < -0.39 is 0 Å². The number of halogens is 1. The number of anilines is 1. The minimum atomic E-state index is 0.725. The molecule has 0 aliphatic rings. The van der Waals surface area contributed by atoms with Crippen molar-refractivity contribution in [2.75, 3.05) is 5.32 Å². The van der Waals surface area contributed by atoms with Gasteiger partial charge in [-0.2, -0.15) is 5.10 Å². The Bertz CT molecular complexity index is 775. The first kappa shape index (κ1) is 13.4. The molecule has 3 aromatic rings. The van der Waals surface area contributed by atoms with Crippen LogP contribution in [0.15, 0.2) is 18.2 Å². The monoisotopic (exact) mass is 306 g/mol. The van der Waals surface area contributed by atoms with Crippen molar-refractivity contribution in [3.8, 4) is 0 Å². The summed E-state index contributed by atoms with van der Waals surface area (Å²) >= 11 is 7.75. The van der Waals surface area contributed by atoms with E-state index in [9.17, 15) is 0 Å². The van der Waals surface area contributed by atoms with Gasteiger partial charge in [0.25, 0.3) is 0 Å². The normalized spacial score (nSPS) is 11.2. The summed E-state index contributed by atoms with van der Waals surface area (Å²) in [6.45, 7) is 4.83. The quantitative estimate of drug-likeness (QED) is 0.797. The third kappa shape index (κ3) is 2.27. The second-order valence-electron chi connectivity index (χ2n) is 4.73. The average Bonchev–Trinajstić information content (AvgIpc) is 2.92. The molecule has 1 N–H and O–H groups in total. The number of nitrogens with zero attached hydrogens (tertiary/aromatic N) is 3. The Labute approximate surface area is 126 Å². The van der Waals surface area contributed by atoms with Gasteiger partial charge < -0.3 is 5.32 Å². The molecule has 6 heteroatoms. The van der Waals surface area contributed by atoms with Crippen LogP contribution in [-0.4, -0.2) is 14.8 Å². The molecule has 0 bridgehead atoms. The number of aromatic nitrogens is 3. The van der Waals surface area contributed by atoms with Gasteiger partial charge in [0, 0.05) is 24.8 Å². The molecule has 0 saturated carbocycles. The fourth-order valence-corrected chi connectivity index (χ4v) is 3.38. The Morgan fingerprint density at radius 2 is 2.15 bits per heavy atom. The number of fused-ring (bicyclic) bond motifs is 1. The van der Waals surface area contributed by atoms with E-state index in [1.165, 1.54) is 11.3 Å². The number of rotatable bonds is 3. The molecule has 0 unspecified atom stereocenters. The van der Waals surface area contributed by atoms with Crippen molar-refractivity contribution in [3.05, 3.63) is 40.2 Å². The Hall–Kier alpha value is -1.59. The first-order valence-corrected chi connectivity index (χ1v) is 7.53. The van der Waals surface area contributed by atoms with Crippen LogP contribution in [0.2, 0.25) is 5.02 Å². The topological polar surface area (TPSA) is 42.7 Å². The number of hydrogen-bond acceptors (Lipinski definition) is 4. The van der Waals surface area contributed by atoms with Crippen LogP contribution in [0, 0.1) is 13.8 Å². The van der Waals surface area contributed by atoms with E-state index in [1.54, 1.807) is 11.3 Å². The lowest BCUT2D eigenvalue weighted by atomic mass is 10.2. The molecule has 2 heterocycles. The number of hydrogen-bond donors (Lipinski definition) is 1. The SMILES string of the molecule is Cc1nn(C)c(C)c1CNc1nc2cccc(Cl)c2s1. The predicted octanol–water partition coefficient (Wildman–Crippen LogP) is 3.91. The van der Waals surface area contributed by atoms with E-state index in [4.69, 9.17) is 11.6 Å². The van der Waals surface area contributed by atoms with Crippen LogP contribution in [0.5, 0.6) is 0 Å². The maximum absolute atomic E-state index is 6.17. The minimum Gasteiger partial charge on any atom is -0.357 e. The van der Waals surface area contributed by atoms with Crippen LogP contribution in [0.3, 0.4) is 0 Å². The summed E-state index contributed by atoms with van der Waals surface area (Å²) < 4.78 is 2.93. The highest BCUT2D eigenvalue weighted by molar-refractivity contribution is 7.22. The lowest BCUT2D eigenvalue weighted by Gasteiger charge is -2.03. The van der Waals surface area contributed by atoms with Crippen molar-refractivity contribution in [3.63, 3.8) is 0 Å². The van der Waals surface area contributed by atoms with Crippen molar-refractivity contribution in [1.29, 1.82) is 0 Å². The maximum atomic E-state index is 6.17. The third-order valence-electron chi connectivity index (χ3n) is 3.44. The van der Waals surface area contributed by atoms with Crippen molar-refractivity contribution in [2.45, 2.75) is 20.4 Å². The zero-order chi connectivity index (χ0) is 14.3.